The number of nitrogens with zero attached hydrogens (tertiary/aromatic N) is 2. The Bertz CT molecular complexity index is 320. The molecule has 0 aliphatic carbocycles. The third-order valence-corrected chi connectivity index (χ3v) is 4.14. The van der Waals surface area contributed by atoms with Crippen LogP contribution in [-0.2, 0) is 13.5 Å². The normalized spacial score (nSPS) is 13.1. The van der Waals surface area contributed by atoms with Crippen molar-refractivity contribution in [2.24, 2.45) is 13.0 Å². The Hall–Kier alpha value is -0.640. The van der Waals surface area contributed by atoms with Crippen molar-refractivity contribution in [2.75, 3.05) is 11.5 Å². The zero-order valence-corrected chi connectivity index (χ0v) is 10.9. The molecule has 15 heavy (non-hydrogen) atoms. The Balaban J connectivity index is 2.72. The van der Waals surface area contributed by atoms with E-state index in [0.717, 1.165) is 34.5 Å². The molecule has 3 nitrogen and oxygen atoms in total. The molecule has 0 saturated heterocycles. The quantitative estimate of drug-likeness (QED) is 0.787. The molecule has 0 amide bonds. The maximum atomic E-state index is 6.04. The van der Waals surface area contributed by atoms with E-state index in [-0.39, 0.29) is 0 Å². The van der Waals surface area contributed by atoms with E-state index in [0.29, 0.717) is 0 Å². The molecule has 0 bridgehead atoms. The maximum absolute atomic E-state index is 6.04. The smallest absolute Gasteiger partial charge is 0.117 e. The molecule has 0 radical (unpaired) electrons. The van der Waals surface area contributed by atoms with Crippen LogP contribution in [0.25, 0.3) is 0 Å². The van der Waals surface area contributed by atoms with E-state index in [1.165, 1.54) is 6.42 Å². The number of nitrogen functional groups attached to an aromatic ring is 1. The van der Waals surface area contributed by atoms with Crippen molar-refractivity contribution in [1.29, 1.82) is 0 Å². The average molecular weight is 227 g/mol. The molecule has 4 heteroatoms. The molecule has 0 aliphatic rings. The molecule has 1 aromatic rings. The van der Waals surface area contributed by atoms with Crippen LogP contribution in [0, 0.1) is 5.92 Å². The first-order valence-corrected chi connectivity index (χ1v) is 6.52. The minimum Gasteiger partial charge on any atom is -0.395 e. The van der Waals surface area contributed by atoms with Crippen molar-refractivity contribution in [3.63, 3.8) is 0 Å². The largest absolute Gasteiger partial charge is 0.395 e. The summed E-state index contributed by atoms with van der Waals surface area (Å²) >= 11 is 1.82. The molecule has 0 fully saturated rings. The third kappa shape index (κ3) is 2.91. The van der Waals surface area contributed by atoms with Gasteiger partial charge in [0, 0.05) is 12.8 Å². The van der Waals surface area contributed by atoms with Gasteiger partial charge in [-0.15, -0.1) is 11.8 Å². The molecular weight excluding hydrogens is 206 g/mol. The van der Waals surface area contributed by atoms with Crippen LogP contribution in [0.15, 0.2) is 5.03 Å². The van der Waals surface area contributed by atoms with E-state index in [9.17, 15) is 0 Å². The minimum atomic E-state index is 0.731. The van der Waals surface area contributed by atoms with E-state index in [4.69, 9.17) is 5.73 Å². The molecule has 1 heterocycles. The maximum Gasteiger partial charge on any atom is 0.117 e. The molecule has 0 aliphatic heterocycles. The summed E-state index contributed by atoms with van der Waals surface area (Å²) in [4.78, 5) is 0. The molecule has 0 aromatic carbocycles. The van der Waals surface area contributed by atoms with Crippen molar-refractivity contribution in [2.45, 2.75) is 38.6 Å². The highest BCUT2D eigenvalue weighted by Gasteiger charge is 2.13. The lowest BCUT2D eigenvalue weighted by atomic mass is 10.2. The first kappa shape index (κ1) is 12.4. The van der Waals surface area contributed by atoms with Gasteiger partial charge in [-0.2, -0.15) is 5.10 Å². The Labute approximate surface area is 96.4 Å². The Kier molecular flexibility index (Phi) is 4.51. The topological polar surface area (TPSA) is 43.8 Å². The number of aromatic nitrogens is 2. The summed E-state index contributed by atoms with van der Waals surface area (Å²) in [7, 11) is 1.97. The van der Waals surface area contributed by atoms with Crippen molar-refractivity contribution in [3.8, 4) is 0 Å². The average Bonchev–Trinajstić information content (AvgIpc) is 2.51. The summed E-state index contributed by atoms with van der Waals surface area (Å²) in [5, 5.41) is 5.52. The van der Waals surface area contributed by atoms with Crippen LogP contribution in [0.1, 0.15) is 32.9 Å². The minimum absolute atomic E-state index is 0.731. The number of hydrogen-bond acceptors (Lipinski definition) is 3. The van der Waals surface area contributed by atoms with Gasteiger partial charge < -0.3 is 5.73 Å². The van der Waals surface area contributed by atoms with Gasteiger partial charge in [-0.3, -0.25) is 4.68 Å². The summed E-state index contributed by atoms with van der Waals surface area (Å²) < 4.78 is 1.90. The van der Waals surface area contributed by atoms with E-state index in [1.807, 2.05) is 23.5 Å². The van der Waals surface area contributed by atoms with Gasteiger partial charge in [0.1, 0.15) is 5.03 Å². The zero-order valence-electron chi connectivity index (χ0n) is 10.1. The monoisotopic (exact) mass is 227 g/mol. The summed E-state index contributed by atoms with van der Waals surface area (Å²) in [6.07, 6.45) is 2.12. The number of thioether (sulfide) groups is 1. The highest BCUT2D eigenvalue weighted by molar-refractivity contribution is 7.99. The lowest BCUT2D eigenvalue weighted by Crippen LogP contribution is -1.99. The van der Waals surface area contributed by atoms with Gasteiger partial charge in [-0.05, 0) is 12.3 Å². The van der Waals surface area contributed by atoms with Gasteiger partial charge >= 0.3 is 0 Å². The highest BCUT2D eigenvalue weighted by atomic mass is 32.2. The predicted molar refractivity (Wildman–Crippen MR) is 67.2 cm³/mol. The van der Waals surface area contributed by atoms with E-state index >= 15 is 0 Å². The van der Waals surface area contributed by atoms with Gasteiger partial charge in [0.05, 0.1) is 11.4 Å². The van der Waals surface area contributed by atoms with Crippen molar-refractivity contribution in [3.05, 3.63) is 5.69 Å². The Morgan fingerprint density at radius 3 is 2.60 bits per heavy atom. The highest BCUT2D eigenvalue weighted by Crippen LogP contribution is 2.29. The third-order valence-electron chi connectivity index (χ3n) is 2.64. The summed E-state index contributed by atoms with van der Waals surface area (Å²) in [5.74, 6) is 1.85. The van der Waals surface area contributed by atoms with Gasteiger partial charge in [0.2, 0.25) is 0 Å². The van der Waals surface area contributed by atoms with Crippen LogP contribution >= 0.6 is 11.8 Å². The predicted octanol–water partition coefficient (Wildman–Crippen LogP) is 2.70. The molecule has 86 valence electrons. The first-order valence-electron chi connectivity index (χ1n) is 5.54. The second-order valence-corrected chi connectivity index (χ2v) is 4.98. The second kappa shape index (κ2) is 5.45. The van der Waals surface area contributed by atoms with Crippen molar-refractivity contribution >= 4 is 17.4 Å². The summed E-state index contributed by atoms with van der Waals surface area (Å²) in [5.41, 5.74) is 7.92. The van der Waals surface area contributed by atoms with Gasteiger partial charge in [0.15, 0.2) is 0 Å². The zero-order chi connectivity index (χ0) is 11.4. The molecule has 0 saturated carbocycles. The Morgan fingerprint density at radius 1 is 1.47 bits per heavy atom. The van der Waals surface area contributed by atoms with Crippen LogP contribution in [0.4, 0.5) is 5.69 Å². The van der Waals surface area contributed by atoms with Crippen molar-refractivity contribution in [1.82, 2.24) is 9.78 Å². The second-order valence-electron chi connectivity index (χ2n) is 3.97. The lowest BCUT2D eigenvalue weighted by molar-refractivity contribution is 0.633. The number of aryl methyl sites for hydroxylation is 2. The van der Waals surface area contributed by atoms with Crippen LogP contribution in [0.5, 0.6) is 0 Å². The summed E-state index contributed by atoms with van der Waals surface area (Å²) in [6.45, 7) is 6.57. The molecule has 1 rings (SSSR count). The van der Waals surface area contributed by atoms with Gasteiger partial charge in [-0.1, -0.05) is 27.2 Å². The molecular formula is C11H21N3S. The molecule has 1 aromatic heterocycles. The van der Waals surface area contributed by atoms with E-state index < -0.39 is 0 Å². The van der Waals surface area contributed by atoms with Crippen molar-refractivity contribution < 1.29 is 0 Å². The molecule has 1 atom stereocenters. The fourth-order valence-electron chi connectivity index (χ4n) is 1.35. The van der Waals surface area contributed by atoms with E-state index in [2.05, 4.69) is 25.9 Å². The van der Waals surface area contributed by atoms with Gasteiger partial charge in [0.25, 0.3) is 0 Å². The van der Waals surface area contributed by atoms with Gasteiger partial charge in [-0.25, -0.2) is 0 Å². The fourth-order valence-corrected chi connectivity index (χ4v) is 2.53. The fraction of sp³-hybridized carbons (Fsp3) is 0.727. The Morgan fingerprint density at radius 2 is 2.13 bits per heavy atom. The molecule has 2 N–H and O–H groups in total. The number of hydrogen-bond donors (Lipinski definition) is 1. The van der Waals surface area contributed by atoms with Crippen LogP contribution in [0.2, 0.25) is 0 Å². The van der Waals surface area contributed by atoms with E-state index in [1.54, 1.807) is 0 Å². The SMILES string of the molecule is CCc1nn(C)c(SCC(C)CC)c1N. The molecule has 1 unspecified atom stereocenters. The van der Waals surface area contributed by atoms with Crippen LogP contribution < -0.4 is 5.73 Å². The first-order chi connectivity index (χ1) is 7.10. The molecule has 0 spiro atoms. The standard InChI is InChI=1S/C11H21N3S/c1-5-8(3)7-15-11-10(12)9(6-2)13-14(11)4/h8H,5-7,12H2,1-4H3. The number of anilines is 1. The number of nitrogens with two attached hydrogens (primary N) is 1. The summed E-state index contributed by atoms with van der Waals surface area (Å²) in [6, 6.07) is 0. The lowest BCUT2D eigenvalue weighted by Gasteiger charge is -2.08. The van der Waals surface area contributed by atoms with Crippen LogP contribution in [0.3, 0.4) is 0 Å². The van der Waals surface area contributed by atoms with Crippen LogP contribution in [-0.4, -0.2) is 15.5 Å². The number of rotatable bonds is 5.